The Balaban J connectivity index is 1.65. The van der Waals surface area contributed by atoms with Gasteiger partial charge in [0.2, 0.25) is 5.91 Å². The lowest BCUT2D eigenvalue weighted by Crippen LogP contribution is -2.15. The maximum absolute atomic E-state index is 12.0. The minimum Gasteiger partial charge on any atom is -0.310 e. The lowest BCUT2D eigenvalue weighted by Gasteiger charge is -2.05. The van der Waals surface area contributed by atoms with E-state index < -0.39 is 0 Å². The zero-order chi connectivity index (χ0) is 15.4. The number of nitrogens with zero attached hydrogens (tertiary/aromatic N) is 3. The molecule has 0 atom stereocenters. The number of carbonyl (C=O) groups excluding carboxylic acids is 1. The molecule has 0 saturated carbocycles. The second-order valence-corrected chi connectivity index (χ2v) is 5.05. The van der Waals surface area contributed by atoms with Crippen molar-refractivity contribution < 1.29 is 4.79 Å². The van der Waals surface area contributed by atoms with Gasteiger partial charge in [-0.05, 0) is 17.7 Å². The van der Waals surface area contributed by atoms with Crippen molar-refractivity contribution in [3.05, 3.63) is 66.6 Å². The molecule has 1 amide bonds. The molecule has 0 aliphatic carbocycles. The van der Waals surface area contributed by atoms with Crippen molar-refractivity contribution in [1.82, 2.24) is 14.8 Å². The van der Waals surface area contributed by atoms with Crippen LogP contribution in [0.4, 0.5) is 5.82 Å². The summed E-state index contributed by atoms with van der Waals surface area (Å²) >= 11 is 0. The fraction of sp³-hybridized carbons (Fsp3) is 0.118. The number of anilines is 1. The first-order valence-corrected chi connectivity index (χ1v) is 6.99. The van der Waals surface area contributed by atoms with Gasteiger partial charge in [-0.15, -0.1) is 0 Å². The molecule has 0 saturated heterocycles. The normalized spacial score (nSPS) is 10.4. The van der Waals surface area contributed by atoms with E-state index in [1.807, 2.05) is 49.6 Å². The van der Waals surface area contributed by atoms with Gasteiger partial charge in [-0.25, -0.2) is 4.98 Å². The SMILES string of the molecule is Cn1cc(-c2ccc(NC(=O)Cc3ccccc3)nc2)cn1. The van der Waals surface area contributed by atoms with Gasteiger partial charge in [0.15, 0.2) is 0 Å². The van der Waals surface area contributed by atoms with Gasteiger partial charge in [0.25, 0.3) is 0 Å². The Morgan fingerprint density at radius 3 is 2.55 bits per heavy atom. The number of benzene rings is 1. The Bertz CT molecular complexity index is 763. The highest BCUT2D eigenvalue weighted by atomic mass is 16.1. The molecule has 0 fully saturated rings. The van der Waals surface area contributed by atoms with E-state index in [0.29, 0.717) is 12.2 Å². The van der Waals surface area contributed by atoms with Crippen LogP contribution in [0.1, 0.15) is 5.56 Å². The van der Waals surface area contributed by atoms with Crippen molar-refractivity contribution in [2.75, 3.05) is 5.32 Å². The van der Waals surface area contributed by atoms with Crippen LogP contribution in [-0.2, 0) is 18.3 Å². The van der Waals surface area contributed by atoms with Crippen LogP contribution in [0.3, 0.4) is 0 Å². The molecule has 3 rings (SSSR count). The van der Waals surface area contributed by atoms with Crippen LogP contribution in [-0.4, -0.2) is 20.7 Å². The van der Waals surface area contributed by atoms with Crippen LogP contribution in [0, 0.1) is 0 Å². The predicted molar refractivity (Wildman–Crippen MR) is 85.2 cm³/mol. The topological polar surface area (TPSA) is 59.8 Å². The highest BCUT2D eigenvalue weighted by molar-refractivity contribution is 5.91. The van der Waals surface area contributed by atoms with Crippen molar-refractivity contribution in [2.24, 2.45) is 7.05 Å². The van der Waals surface area contributed by atoms with E-state index in [1.54, 1.807) is 23.1 Å². The molecular weight excluding hydrogens is 276 g/mol. The van der Waals surface area contributed by atoms with E-state index in [1.165, 1.54) is 0 Å². The summed E-state index contributed by atoms with van der Waals surface area (Å²) in [5, 5.41) is 6.93. The smallest absolute Gasteiger partial charge is 0.229 e. The van der Waals surface area contributed by atoms with Crippen molar-refractivity contribution in [2.45, 2.75) is 6.42 Å². The van der Waals surface area contributed by atoms with E-state index in [2.05, 4.69) is 15.4 Å². The summed E-state index contributed by atoms with van der Waals surface area (Å²) in [6.45, 7) is 0. The molecule has 0 spiro atoms. The molecule has 5 heteroatoms. The lowest BCUT2D eigenvalue weighted by molar-refractivity contribution is -0.115. The highest BCUT2D eigenvalue weighted by Crippen LogP contribution is 2.18. The van der Waals surface area contributed by atoms with Crippen LogP contribution in [0.15, 0.2) is 61.1 Å². The molecule has 1 aromatic carbocycles. The summed E-state index contributed by atoms with van der Waals surface area (Å²) in [5.74, 6) is 0.474. The Kier molecular flexibility index (Phi) is 3.96. The largest absolute Gasteiger partial charge is 0.310 e. The maximum Gasteiger partial charge on any atom is 0.229 e. The van der Waals surface area contributed by atoms with Crippen molar-refractivity contribution >= 4 is 11.7 Å². The van der Waals surface area contributed by atoms with Gasteiger partial charge in [-0.2, -0.15) is 5.10 Å². The molecule has 2 aromatic heterocycles. The molecule has 22 heavy (non-hydrogen) atoms. The Labute approximate surface area is 128 Å². The molecule has 0 aliphatic rings. The van der Waals surface area contributed by atoms with Crippen LogP contribution in [0.5, 0.6) is 0 Å². The monoisotopic (exact) mass is 292 g/mol. The first-order valence-electron chi connectivity index (χ1n) is 6.99. The van der Waals surface area contributed by atoms with Crippen LogP contribution in [0.25, 0.3) is 11.1 Å². The summed E-state index contributed by atoms with van der Waals surface area (Å²) in [4.78, 5) is 16.3. The molecule has 1 N–H and O–H groups in total. The molecule has 2 heterocycles. The fourth-order valence-electron chi connectivity index (χ4n) is 2.18. The van der Waals surface area contributed by atoms with Crippen LogP contribution >= 0.6 is 0 Å². The number of nitrogens with one attached hydrogen (secondary N) is 1. The average Bonchev–Trinajstić information content (AvgIpc) is 2.95. The van der Waals surface area contributed by atoms with Crippen molar-refractivity contribution in [1.29, 1.82) is 0 Å². The highest BCUT2D eigenvalue weighted by Gasteiger charge is 2.06. The van der Waals surface area contributed by atoms with Crippen LogP contribution in [0.2, 0.25) is 0 Å². The number of hydrogen-bond acceptors (Lipinski definition) is 3. The average molecular weight is 292 g/mol. The van der Waals surface area contributed by atoms with Crippen molar-refractivity contribution in [3.8, 4) is 11.1 Å². The first-order chi connectivity index (χ1) is 10.7. The van der Waals surface area contributed by atoms with E-state index >= 15 is 0 Å². The third kappa shape index (κ3) is 3.38. The van der Waals surface area contributed by atoms with E-state index in [4.69, 9.17) is 0 Å². The summed E-state index contributed by atoms with van der Waals surface area (Å²) in [5.41, 5.74) is 2.94. The molecule has 3 aromatic rings. The molecule has 0 aliphatic heterocycles. The summed E-state index contributed by atoms with van der Waals surface area (Å²) in [6.07, 6.45) is 5.78. The number of amides is 1. The Hall–Kier alpha value is -2.95. The number of aromatic nitrogens is 3. The van der Waals surface area contributed by atoms with Gasteiger partial charge in [-0.3, -0.25) is 9.48 Å². The van der Waals surface area contributed by atoms with Gasteiger partial charge >= 0.3 is 0 Å². The standard InChI is InChI=1S/C17H16N4O/c1-21-12-15(11-19-21)14-7-8-16(18-10-14)20-17(22)9-13-5-3-2-4-6-13/h2-8,10-12H,9H2,1H3,(H,18,20,22). The molecule has 5 nitrogen and oxygen atoms in total. The summed E-state index contributed by atoms with van der Waals surface area (Å²) < 4.78 is 1.74. The Morgan fingerprint density at radius 2 is 1.91 bits per heavy atom. The maximum atomic E-state index is 12.0. The lowest BCUT2D eigenvalue weighted by atomic mass is 10.1. The van der Waals surface area contributed by atoms with Crippen LogP contribution < -0.4 is 5.32 Å². The second-order valence-electron chi connectivity index (χ2n) is 5.05. The third-order valence-electron chi connectivity index (χ3n) is 3.28. The third-order valence-corrected chi connectivity index (χ3v) is 3.28. The zero-order valence-electron chi connectivity index (χ0n) is 12.2. The second kappa shape index (κ2) is 6.22. The van der Waals surface area contributed by atoms with Crippen molar-refractivity contribution in [3.63, 3.8) is 0 Å². The molecule has 0 radical (unpaired) electrons. The van der Waals surface area contributed by atoms with Gasteiger partial charge in [0, 0.05) is 30.6 Å². The van der Waals surface area contributed by atoms with E-state index in [0.717, 1.165) is 16.7 Å². The number of carbonyl (C=O) groups is 1. The fourth-order valence-corrected chi connectivity index (χ4v) is 2.18. The predicted octanol–water partition coefficient (Wildman–Crippen LogP) is 2.66. The van der Waals surface area contributed by atoms with Gasteiger partial charge in [0.05, 0.1) is 12.6 Å². The molecule has 110 valence electrons. The number of hydrogen-bond donors (Lipinski definition) is 1. The minimum absolute atomic E-state index is 0.0761. The Morgan fingerprint density at radius 1 is 1.09 bits per heavy atom. The minimum atomic E-state index is -0.0761. The first kappa shape index (κ1) is 14.0. The van der Waals surface area contributed by atoms with Gasteiger partial charge in [0.1, 0.15) is 5.82 Å². The van der Waals surface area contributed by atoms with E-state index in [-0.39, 0.29) is 5.91 Å². The molecule has 0 bridgehead atoms. The van der Waals surface area contributed by atoms with Gasteiger partial charge in [-0.1, -0.05) is 30.3 Å². The summed E-state index contributed by atoms with van der Waals surface area (Å²) in [6, 6.07) is 13.3. The van der Waals surface area contributed by atoms with E-state index in [9.17, 15) is 4.79 Å². The zero-order valence-corrected chi connectivity index (χ0v) is 12.2. The van der Waals surface area contributed by atoms with Gasteiger partial charge < -0.3 is 5.32 Å². The number of aryl methyl sites for hydroxylation is 1. The number of rotatable bonds is 4. The summed E-state index contributed by atoms with van der Waals surface area (Å²) in [7, 11) is 1.87. The molecule has 0 unspecified atom stereocenters. The molecular formula is C17H16N4O. The number of pyridine rings is 1. The quantitative estimate of drug-likeness (QED) is 0.804.